The topological polar surface area (TPSA) is 52.6 Å². The summed E-state index contributed by atoms with van der Waals surface area (Å²) in [6.07, 6.45) is 0.247. The van der Waals surface area contributed by atoms with Gasteiger partial charge in [0.05, 0.1) is 11.1 Å². The lowest BCUT2D eigenvalue weighted by atomic mass is 9.74. The molecule has 0 saturated heterocycles. The van der Waals surface area contributed by atoms with Crippen LogP contribution in [0.4, 0.5) is 0 Å². The molecule has 0 N–H and O–H groups in total. The molecule has 4 aromatic carbocycles. The molecule has 4 aromatic rings. The third-order valence-electron chi connectivity index (χ3n) is 8.08. The van der Waals surface area contributed by atoms with E-state index in [1.54, 1.807) is 0 Å². The van der Waals surface area contributed by atoms with Gasteiger partial charge in [0.2, 0.25) is 0 Å². The van der Waals surface area contributed by atoms with Crippen LogP contribution < -0.4 is 0 Å². The van der Waals surface area contributed by atoms with Crippen LogP contribution in [0, 0.1) is 13.8 Å². The van der Waals surface area contributed by atoms with E-state index < -0.39 is 11.2 Å². The van der Waals surface area contributed by atoms with Crippen LogP contribution >= 0.6 is 0 Å². The summed E-state index contributed by atoms with van der Waals surface area (Å²) >= 11 is 0. The average molecular weight is 541 g/mol. The number of ether oxygens (including phenoxy) is 2. The Morgan fingerprint density at radius 2 is 0.829 bits per heavy atom. The van der Waals surface area contributed by atoms with Gasteiger partial charge in [0.1, 0.15) is 11.2 Å². The van der Waals surface area contributed by atoms with Crippen LogP contribution in [0.25, 0.3) is 22.3 Å². The fourth-order valence-electron chi connectivity index (χ4n) is 6.31. The highest BCUT2D eigenvalue weighted by Crippen LogP contribution is 2.53. The number of benzene rings is 4. The Kier molecular flexibility index (Phi) is 6.50. The van der Waals surface area contributed by atoms with E-state index in [2.05, 4.69) is 0 Å². The van der Waals surface area contributed by atoms with Gasteiger partial charge in [-0.2, -0.15) is 0 Å². The molecule has 41 heavy (non-hydrogen) atoms. The highest BCUT2D eigenvalue weighted by atomic mass is 16.6. The maximum atomic E-state index is 13.7. The van der Waals surface area contributed by atoms with Crippen LogP contribution in [0.2, 0.25) is 0 Å². The van der Waals surface area contributed by atoms with Crippen molar-refractivity contribution in [2.45, 2.75) is 45.3 Å². The first-order valence-electron chi connectivity index (χ1n) is 13.9. The normalized spacial score (nSPS) is 22.2. The first kappa shape index (κ1) is 26.5. The summed E-state index contributed by atoms with van der Waals surface area (Å²) in [5.41, 5.74) is 6.15. The van der Waals surface area contributed by atoms with Crippen molar-refractivity contribution < 1.29 is 19.1 Å². The minimum absolute atomic E-state index is 0.247. The number of cyclic esters (lactones) is 2. The van der Waals surface area contributed by atoms with E-state index in [0.29, 0.717) is 11.1 Å². The molecule has 6 rings (SSSR count). The van der Waals surface area contributed by atoms with E-state index in [4.69, 9.17) is 9.47 Å². The molecule has 2 aliphatic heterocycles. The zero-order valence-electron chi connectivity index (χ0n) is 23.7. The molecule has 2 unspecified atom stereocenters. The zero-order valence-corrected chi connectivity index (χ0v) is 23.7. The molecule has 0 aromatic heterocycles. The SMILES string of the molecule is Cc1ccc(C2=C(c3ccccc3)C(=O)OC2(C)CC2(C)OC(=O)C(c3ccccc3)=C2c2ccc(C)cc2)cc1. The molecule has 4 nitrogen and oxygen atoms in total. The summed E-state index contributed by atoms with van der Waals surface area (Å²) in [5, 5.41) is 0. The number of esters is 2. The van der Waals surface area contributed by atoms with Crippen LogP contribution in [-0.2, 0) is 19.1 Å². The second kappa shape index (κ2) is 10.0. The summed E-state index contributed by atoms with van der Waals surface area (Å²) in [4.78, 5) is 27.3. The minimum atomic E-state index is -1.07. The zero-order chi connectivity index (χ0) is 28.8. The first-order valence-corrected chi connectivity index (χ1v) is 13.9. The smallest absolute Gasteiger partial charge is 0.340 e. The molecule has 0 spiro atoms. The molecular formula is C37H32O4. The van der Waals surface area contributed by atoms with Gasteiger partial charge in [-0.1, -0.05) is 120 Å². The number of aryl methyl sites for hydroxylation is 2. The number of rotatable bonds is 6. The van der Waals surface area contributed by atoms with E-state index in [9.17, 15) is 9.59 Å². The lowest BCUT2D eigenvalue weighted by Crippen LogP contribution is -2.40. The fourth-order valence-corrected chi connectivity index (χ4v) is 6.31. The fraction of sp³-hybridized carbons (Fsp3) is 0.189. The largest absolute Gasteiger partial charge is 0.451 e. The molecule has 0 fully saturated rings. The van der Waals surface area contributed by atoms with Gasteiger partial charge in [-0.3, -0.25) is 0 Å². The Morgan fingerprint density at radius 3 is 1.17 bits per heavy atom. The second-order valence-electron chi connectivity index (χ2n) is 11.4. The van der Waals surface area contributed by atoms with Crippen molar-refractivity contribution in [2.24, 2.45) is 0 Å². The van der Waals surface area contributed by atoms with Gasteiger partial charge in [0.15, 0.2) is 0 Å². The lowest BCUT2D eigenvalue weighted by Gasteiger charge is -2.36. The molecule has 2 aliphatic rings. The van der Waals surface area contributed by atoms with Crippen molar-refractivity contribution in [3.05, 3.63) is 143 Å². The number of carbonyl (C=O) groups excluding carboxylic acids is 2. The predicted octanol–water partition coefficient (Wildman–Crippen LogP) is 7.85. The number of hydrogen-bond acceptors (Lipinski definition) is 4. The molecular weight excluding hydrogens is 508 g/mol. The van der Waals surface area contributed by atoms with Gasteiger partial charge in [0, 0.05) is 17.6 Å². The Balaban J connectivity index is 1.55. The maximum absolute atomic E-state index is 13.7. The quantitative estimate of drug-likeness (QED) is 0.234. The third kappa shape index (κ3) is 4.70. The molecule has 4 heteroatoms. The summed E-state index contributed by atoms with van der Waals surface area (Å²) in [7, 11) is 0. The molecule has 0 bridgehead atoms. The summed E-state index contributed by atoms with van der Waals surface area (Å²) in [6, 6.07) is 35.5. The van der Waals surface area contributed by atoms with Crippen molar-refractivity contribution in [2.75, 3.05) is 0 Å². The van der Waals surface area contributed by atoms with Crippen molar-refractivity contribution in [1.82, 2.24) is 0 Å². The predicted molar refractivity (Wildman–Crippen MR) is 162 cm³/mol. The van der Waals surface area contributed by atoms with Crippen molar-refractivity contribution in [3.63, 3.8) is 0 Å². The van der Waals surface area contributed by atoms with Crippen LogP contribution in [0.15, 0.2) is 109 Å². The Morgan fingerprint density at radius 1 is 0.488 bits per heavy atom. The van der Waals surface area contributed by atoms with Gasteiger partial charge >= 0.3 is 11.9 Å². The minimum Gasteiger partial charge on any atom is -0.451 e. The highest BCUT2D eigenvalue weighted by Gasteiger charge is 2.54. The highest BCUT2D eigenvalue weighted by molar-refractivity contribution is 6.30. The molecule has 0 amide bonds. The maximum Gasteiger partial charge on any atom is 0.340 e. The number of carbonyl (C=O) groups is 2. The monoisotopic (exact) mass is 540 g/mol. The van der Waals surface area contributed by atoms with Crippen molar-refractivity contribution in [1.29, 1.82) is 0 Å². The second-order valence-corrected chi connectivity index (χ2v) is 11.4. The van der Waals surface area contributed by atoms with Crippen LogP contribution in [0.3, 0.4) is 0 Å². The Hall–Kier alpha value is -4.70. The molecule has 0 aliphatic carbocycles. The van der Waals surface area contributed by atoms with Crippen LogP contribution in [0.1, 0.15) is 53.6 Å². The van der Waals surface area contributed by atoms with Gasteiger partial charge in [-0.25, -0.2) is 9.59 Å². The summed E-state index contributed by atoms with van der Waals surface area (Å²) in [5.74, 6) is -0.766. The summed E-state index contributed by atoms with van der Waals surface area (Å²) < 4.78 is 12.6. The number of hydrogen-bond donors (Lipinski definition) is 0. The van der Waals surface area contributed by atoms with E-state index in [-0.39, 0.29) is 18.4 Å². The molecule has 0 radical (unpaired) electrons. The molecule has 2 heterocycles. The molecule has 0 saturated carbocycles. The van der Waals surface area contributed by atoms with Crippen molar-refractivity contribution in [3.8, 4) is 0 Å². The van der Waals surface area contributed by atoms with E-state index >= 15 is 0 Å². The Bertz CT molecular complexity index is 1570. The third-order valence-corrected chi connectivity index (χ3v) is 8.08. The van der Waals surface area contributed by atoms with Crippen molar-refractivity contribution >= 4 is 34.2 Å². The van der Waals surface area contributed by atoms with Crippen LogP contribution in [0.5, 0.6) is 0 Å². The average Bonchev–Trinajstić information content (AvgIpc) is 3.37. The first-order chi connectivity index (χ1) is 19.7. The van der Waals surface area contributed by atoms with E-state index in [1.165, 1.54) is 0 Å². The summed E-state index contributed by atoms with van der Waals surface area (Å²) in [6.45, 7) is 7.94. The van der Waals surface area contributed by atoms with Gasteiger partial charge in [0.25, 0.3) is 0 Å². The molecule has 2 atom stereocenters. The molecule has 204 valence electrons. The van der Waals surface area contributed by atoms with Gasteiger partial charge in [-0.05, 0) is 49.9 Å². The van der Waals surface area contributed by atoms with Crippen LogP contribution in [-0.4, -0.2) is 23.1 Å². The van der Waals surface area contributed by atoms with Gasteiger partial charge in [-0.15, -0.1) is 0 Å². The lowest BCUT2D eigenvalue weighted by molar-refractivity contribution is -0.151. The standard InChI is InChI=1S/C37H32O4/c1-24-15-19-28(20-16-24)32-30(26-11-7-5-8-12-26)34(38)40-36(32,3)23-37(4)33(29-21-17-25(2)18-22-29)31(35(39)41-37)27-13-9-6-10-14-27/h5-22H,23H2,1-4H3. The van der Waals surface area contributed by atoms with Gasteiger partial charge < -0.3 is 9.47 Å². The van der Waals surface area contributed by atoms with E-state index in [0.717, 1.165) is 44.5 Å². The Labute approximate surface area is 241 Å². The van der Waals surface area contributed by atoms with E-state index in [1.807, 2.05) is 137 Å².